The minimum Gasteiger partial charge on any atom is -0.345 e. The van der Waals surface area contributed by atoms with E-state index < -0.39 is 0 Å². The molecule has 1 aliphatic carbocycles. The van der Waals surface area contributed by atoms with E-state index in [2.05, 4.69) is 138 Å². The first-order valence-electron chi connectivity index (χ1n) is 11.5. The lowest BCUT2D eigenvalue weighted by Gasteiger charge is -2.22. The summed E-state index contributed by atoms with van der Waals surface area (Å²) in [6.07, 6.45) is 8.00. The highest BCUT2D eigenvalue weighted by atomic mass is 15.1. The largest absolute Gasteiger partial charge is 0.345 e. The zero-order valence-corrected chi connectivity index (χ0v) is 18.7. The number of anilines is 2. The van der Waals surface area contributed by atoms with Crippen LogP contribution in [0.25, 0.3) is 27.4 Å². The van der Waals surface area contributed by atoms with Crippen LogP contribution in [0.5, 0.6) is 0 Å². The Bertz CT molecular complexity index is 1490. The van der Waals surface area contributed by atoms with Crippen molar-refractivity contribution in [2.75, 3.05) is 11.9 Å². The second kappa shape index (κ2) is 8.14. The zero-order chi connectivity index (χ0) is 22.2. The van der Waals surface area contributed by atoms with Gasteiger partial charge in [0.25, 0.3) is 0 Å². The SMILES string of the molecule is CN(c1ccccc1)c1ccc2c(c1)c1ccccc1n2C1C=CC(c2ccccc2)=CC1. The zero-order valence-electron chi connectivity index (χ0n) is 18.7. The number of rotatable bonds is 4. The van der Waals surface area contributed by atoms with Gasteiger partial charge in [-0.1, -0.05) is 85.0 Å². The van der Waals surface area contributed by atoms with Gasteiger partial charge in [0.05, 0.1) is 6.04 Å². The predicted molar refractivity (Wildman–Crippen MR) is 141 cm³/mol. The molecule has 1 atom stereocenters. The second-order valence-electron chi connectivity index (χ2n) is 8.67. The van der Waals surface area contributed by atoms with E-state index in [1.54, 1.807) is 0 Å². The third-order valence-electron chi connectivity index (χ3n) is 6.74. The number of hydrogen-bond acceptors (Lipinski definition) is 1. The summed E-state index contributed by atoms with van der Waals surface area (Å²) in [5.74, 6) is 0. The maximum Gasteiger partial charge on any atom is 0.0560 e. The maximum absolute atomic E-state index is 2.51. The van der Waals surface area contributed by atoms with Crippen LogP contribution in [0, 0.1) is 0 Å². The normalized spacial score (nSPS) is 15.7. The van der Waals surface area contributed by atoms with Crippen LogP contribution in [0.15, 0.2) is 121 Å². The van der Waals surface area contributed by atoms with Crippen molar-refractivity contribution >= 4 is 38.8 Å². The Labute approximate surface area is 194 Å². The molecule has 0 spiro atoms. The topological polar surface area (TPSA) is 8.17 Å². The molecule has 160 valence electrons. The Morgan fingerprint density at radius 1 is 0.697 bits per heavy atom. The summed E-state index contributed by atoms with van der Waals surface area (Å²) in [4.78, 5) is 2.25. The monoisotopic (exact) mass is 426 g/mol. The summed E-state index contributed by atoms with van der Waals surface area (Å²) in [6, 6.07) is 37.1. The molecule has 0 bridgehead atoms. The van der Waals surface area contributed by atoms with Crippen molar-refractivity contribution in [2.24, 2.45) is 0 Å². The van der Waals surface area contributed by atoms with Gasteiger partial charge < -0.3 is 9.47 Å². The molecule has 6 rings (SSSR count). The van der Waals surface area contributed by atoms with Gasteiger partial charge in [-0.15, -0.1) is 0 Å². The third-order valence-corrected chi connectivity index (χ3v) is 6.74. The van der Waals surface area contributed by atoms with E-state index >= 15 is 0 Å². The third kappa shape index (κ3) is 3.44. The Hall–Kier alpha value is -4.04. The Morgan fingerprint density at radius 3 is 2.15 bits per heavy atom. The van der Waals surface area contributed by atoms with Gasteiger partial charge >= 0.3 is 0 Å². The fourth-order valence-electron chi connectivity index (χ4n) is 5.00. The summed E-state index contributed by atoms with van der Waals surface area (Å²) in [6.45, 7) is 0. The fraction of sp³-hybridized carbons (Fsp3) is 0.0968. The van der Waals surface area contributed by atoms with Gasteiger partial charge in [0.15, 0.2) is 0 Å². The molecule has 0 aliphatic heterocycles. The molecule has 0 saturated heterocycles. The van der Waals surface area contributed by atoms with E-state index in [9.17, 15) is 0 Å². The fourth-order valence-corrected chi connectivity index (χ4v) is 5.00. The summed E-state index contributed by atoms with van der Waals surface area (Å²) in [7, 11) is 2.13. The van der Waals surface area contributed by atoms with Gasteiger partial charge in [-0.3, -0.25) is 0 Å². The molecule has 1 aliphatic rings. The van der Waals surface area contributed by atoms with Crippen molar-refractivity contribution in [3.05, 3.63) is 127 Å². The minimum atomic E-state index is 0.303. The van der Waals surface area contributed by atoms with Crippen molar-refractivity contribution in [1.29, 1.82) is 0 Å². The van der Waals surface area contributed by atoms with E-state index in [1.165, 1.54) is 44.3 Å². The maximum atomic E-state index is 2.51. The van der Waals surface area contributed by atoms with Gasteiger partial charge in [-0.2, -0.15) is 0 Å². The summed E-state index contributed by atoms with van der Waals surface area (Å²) in [5, 5.41) is 2.61. The molecule has 5 aromatic rings. The number of aromatic nitrogens is 1. The number of fused-ring (bicyclic) bond motifs is 3. The van der Waals surface area contributed by atoms with E-state index in [1.807, 2.05) is 0 Å². The van der Waals surface area contributed by atoms with Crippen LogP contribution < -0.4 is 4.90 Å². The van der Waals surface area contributed by atoms with Gasteiger partial charge in [0, 0.05) is 40.2 Å². The predicted octanol–water partition coefficient (Wildman–Crippen LogP) is 8.15. The lowest BCUT2D eigenvalue weighted by atomic mass is 9.97. The standard InChI is InChI=1S/C31H26N2/c1-32(25-12-6-3-7-13-25)27-20-21-31-29(22-27)28-14-8-9-15-30(28)33(31)26-18-16-24(17-19-26)23-10-4-2-5-11-23/h2-18,20-22,26H,19H2,1H3. The highest BCUT2D eigenvalue weighted by Crippen LogP contribution is 2.38. The van der Waals surface area contributed by atoms with Crippen LogP contribution in [0.2, 0.25) is 0 Å². The van der Waals surface area contributed by atoms with Crippen molar-refractivity contribution < 1.29 is 0 Å². The molecular weight excluding hydrogens is 400 g/mol. The molecule has 2 heteroatoms. The molecule has 0 amide bonds. The Kier molecular flexibility index (Phi) is 4.84. The smallest absolute Gasteiger partial charge is 0.0560 e. The molecule has 0 fully saturated rings. The minimum absolute atomic E-state index is 0.303. The first-order chi connectivity index (χ1) is 16.3. The lowest BCUT2D eigenvalue weighted by Crippen LogP contribution is -2.09. The van der Waals surface area contributed by atoms with Crippen molar-refractivity contribution in [3.8, 4) is 0 Å². The van der Waals surface area contributed by atoms with Crippen LogP contribution in [0.1, 0.15) is 18.0 Å². The van der Waals surface area contributed by atoms with Crippen LogP contribution >= 0.6 is 0 Å². The first kappa shape index (κ1) is 19.6. The van der Waals surface area contributed by atoms with Crippen LogP contribution in [0.4, 0.5) is 11.4 Å². The molecule has 4 aromatic carbocycles. The van der Waals surface area contributed by atoms with Crippen molar-refractivity contribution in [3.63, 3.8) is 0 Å². The molecule has 1 aromatic heterocycles. The van der Waals surface area contributed by atoms with Crippen LogP contribution in [-0.2, 0) is 0 Å². The van der Waals surface area contributed by atoms with Crippen LogP contribution in [-0.4, -0.2) is 11.6 Å². The molecule has 1 heterocycles. The molecule has 1 unspecified atom stereocenters. The number of hydrogen-bond donors (Lipinski definition) is 0. The van der Waals surface area contributed by atoms with Crippen LogP contribution in [0.3, 0.4) is 0 Å². The Morgan fingerprint density at radius 2 is 1.39 bits per heavy atom. The Balaban J connectivity index is 1.43. The van der Waals surface area contributed by atoms with Crippen molar-refractivity contribution in [1.82, 2.24) is 4.57 Å². The lowest BCUT2D eigenvalue weighted by molar-refractivity contribution is 0.649. The molecule has 0 saturated carbocycles. The quantitative estimate of drug-likeness (QED) is 0.281. The number of allylic oxidation sites excluding steroid dienone is 4. The molecule has 0 N–H and O–H groups in total. The highest BCUT2D eigenvalue weighted by Gasteiger charge is 2.19. The van der Waals surface area contributed by atoms with Gasteiger partial charge in [-0.05, 0) is 54.0 Å². The summed E-state index contributed by atoms with van der Waals surface area (Å²) < 4.78 is 2.51. The number of benzene rings is 4. The van der Waals surface area contributed by atoms with E-state index in [0.717, 1.165) is 6.42 Å². The molecular formula is C31H26N2. The van der Waals surface area contributed by atoms with E-state index in [0.29, 0.717) is 6.04 Å². The van der Waals surface area contributed by atoms with Crippen molar-refractivity contribution in [2.45, 2.75) is 12.5 Å². The average Bonchev–Trinajstić information content (AvgIpc) is 3.23. The first-order valence-corrected chi connectivity index (χ1v) is 11.5. The average molecular weight is 427 g/mol. The summed E-state index contributed by atoms with van der Waals surface area (Å²) in [5.41, 5.74) is 7.55. The van der Waals surface area contributed by atoms with E-state index in [4.69, 9.17) is 0 Å². The number of nitrogens with zero attached hydrogens (tertiary/aromatic N) is 2. The van der Waals surface area contributed by atoms with E-state index in [-0.39, 0.29) is 0 Å². The molecule has 33 heavy (non-hydrogen) atoms. The molecule has 0 radical (unpaired) electrons. The summed E-state index contributed by atoms with van der Waals surface area (Å²) >= 11 is 0. The molecule has 2 nitrogen and oxygen atoms in total. The second-order valence-corrected chi connectivity index (χ2v) is 8.67. The number of para-hydroxylation sites is 2. The van der Waals surface area contributed by atoms with Gasteiger partial charge in [0.2, 0.25) is 0 Å². The highest BCUT2D eigenvalue weighted by molar-refractivity contribution is 6.09. The van der Waals surface area contributed by atoms with Gasteiger partial charge in [0.1, 0.15) is 0 Å². The van der Waals surface area contributed by atoms with Gasteiger partial charge in [-0.25, -0.2) is 0 Å².